The topological polar surface area (TPSA) is 69.1 Å². The van der Waals surface area contributed by atoms with Crippen molar-refractivity contribution in [1.29, 1.82) is 0 Å². The van der Waals surface area contributed by atoms with Gasteiger partial charge in [-0.3, -0.25) is 0 Å². The molecule has 3 heteroatoms. The molecule has 0 aromatic heterocycles. The summed E-state index contributed by atoms with van der Waals surface area (Å²) >= 11 is 0. The number of carbonyl (C=O) groups excluding carboxylic acids is 1. The van der Waals surface area contributed by atoms with Gasteiger partial charge in [-0.05, 0) is 12.8 Å². The number of nitrogens with two attached hydrogens (primary N) is 2. The van der Waals surface area contributed by atoms with Crippen molar-refractivity contribution in [2.24, 2.45) is 11.5 Å². The van der Waals surface area contributed by atoms with E-state index >= 15 is 0 Å². The van der Waals surface area contributed by atoms with Gasteiger partial charge in [0.15, 0.2) is 0 Å². The predicted molar refractivity (Wildman–Crippen MR) is 40.0 cm³/mol. The largest absolute Gasteiger partial charge is 0.352 e. The average Bonchev–Trinajstić information content (AvgIpc) is 1.90. The highest BCUT2D eigenvalue weighted by Crippen LogP contribution is 2.01. The van der Waals surface area contributed by atoms with Gasteiger partial charge in [0.1, 0.15) is 0 Å². The van der Waals surface area contributed by atoms with Gasteiger partial charge in [-0.15, -0.1) is 11.8 Å². The average molecular weight is 140 g/mol. The maximum Gasteiger partial charge on any atom is 0.309 e. The van der Waals surface area contributed by atoms with Gasteiger partial charge in [-0.1, -0.05) is 0 Å². The summed E-state index contributed by atoms with van der Waals surface area (Å²) in [5.74, 6) is 6.07. The highest BCUT2D eigenvalue weighted by atomic mass is 16.2. The summed E-state index contributed by atoms with van der Waals surface area (Å²) in [6, 6.07) is -0.833. The minimum absolute atomic E-state index is 0.833. The third-order valence-corrected chi connectivity index (χ3v) is 0.979. The lowest BCUT2D eigenvalue weighted by atomic mass is 10.1. The van der Waals surface area contributed by atoms with Crippen molar-refractivity contribution in [1.82, 2.24) is 0 Å². The molecule has 0 atom stereocenters. The van der Waals surface area contributed by atoms with Crippen LogP contribution >= 0.6 is 0 Å². The fraction of sp³-hybridized carbons (Fsp3) is 0.571. The highest BCUT2D eigenvalue weighted by Gasteiger charge is 1.86. The van der Waals surface area contributed by atoms with Gasteiger partial charge < -0.3 is 11.5 Å². The molecule has 0 bridgehead atoms. The van der Waals surface area contributed by atoms with Crippen molar-refractivity contribution in [3.05, 3.63) is 0 Å². The van der Waals surface area contributed by atoms with Crippen LogP contribution in [0.25, 0.3) is 0 Å². The van der Waals surface area contributed by atoms with E-state index < -0.39 is 6.03 Å². The Bertz CT molecular complexity index is 141. The Labute approximate surface area is 60.8 Å². The predicted octanol–water partition coefficient (Wildman–Crippen LogP) is 0.588. The lowest BCUT2D eigenvalue weighted by Crippen LogP contribution is -2.18. The monoisotopic (exact) mass is 140 g/mol. The second kappa shape index (κ2) is 5.96. The number of rotatable bonds is 0. The summed E-state index contributed by atoms with van der Waals surface area (Å²) in [5.41, 5.74) is 8.50. The molecule has 1 aliphatic rings. The molecule has 3 nitrogen and oxygen atoms in total. The Morgan fingerprint density at radius 1 is 1.10 bits per heavy atom. The maximum absolute atomic E-state index is 9.00. The van der Waals surface area contributed by atoms with Crippen LogP contribution in [0.5, 0.6) is 0 Å². The first-order valence-corrected chi connectivity index (χ1v) is 3.24. The van der Waals surface area contributed by atoms with Gasteiger partial charge in [0.25, 0.3) is 0 Å². The Hall–Kier alpha value is -1.17. The van der Waals surface area contributed by atoms with E-state index in [0.717, 1.165) is 12.8 Å². The van der Waals surface area contributed by atoms with E-state index in [1.165, 1.54) is 12.8 Å². The molecule has 0 aromatic carbocycles. The van der Waals surface area contributed by atoms with E-state index in [1.54, 1.807) is 0 Å². The Morgan fingerprint density at radius 2 is 1.40 bits per heavy atom. The van der Waals surface area contributed by atoms with Crippen molar-refractivity contribution >= 4 is 6.03 Å². The van der Waals surface area contributed by atoms with Crippen LogP contribution in [0.3, 0.4) is 0 Å². The smallest absolute Gasteiger partial charge is 0.309 e. The second-order valence-electron chi connectivity index (χ2n) is 1.96. The zero-order chi connectivity index (χ0) is 7.82. The van der Waals surface area contributed by atoms with Crippen LogP contribution in [0.1, 0.15) is 25.7 Å². The molecule has 0 radical (unpaired) electrons. The first kappa shape index (κ1) is 8.83. The Kier molecular flexibility index (Phi) is 5.26. The Balaban J connectivity index is 0.000000180. The molecule has 0 spiro atoms. The van der Waals surface area contributed by atoms with E-state index in [1.807, 2.05) is 0 Å². The fourth-order valence-corrected chi connectivity index (χ4v) is 0.604. The molecule has 0 saturated heterocycles. The van der Waals surface area contributed by atoms with Crippen LogP contribution in [0.4, 0.5) is 4.79 Å². The minimum Gasteiger partial charge on any atom is -0.352 e. The lowest BCUT2D eigenvalue weighted by Gasteiger charge is -1.92. The van der Waals surface area contributed by atoms with Gasteiger partial charge in [-0.25, -0.2) is 4.79 Å². The zero-order valence-electron chi connectivity index (χ0n) is 5.89. The van der Waals surface area contributed by atoms with Gasteiger partial charge in [0.05, 0.1) is 0 Å². The fourth-order valence-electron chi connectivity index (χ4n) is 0.604. The van der Waals surface area contributed by atoms with E-state index in [2.05, 4.69) is 23.3 Å². The standard InChI is InChI=1S/C6H8.CH4N2O/c1-2-4-6-5-3-1;2-1(3)4/h1-4H2;(H4,2,3,4). The normalized spacial score (nSPS) is 13.6. The van der Waals surface area contributed by atoms with Gasteiger partial charge in [0.2, 0.25) is 0 Å². The molecular weight excluding hydrogens is 128 g/mol. The van der Waals surface area contributed by atoms with Crippen molar-refractivity contribution in [2.45, 2.75) is 25.7 Å². The number of urea groups is 1. The van der Waals surface area contributed by atoms with Crippen molar-refractivity contribution in [2.75, 3.05) is 0 Å². The van der Waals surface area contributed by atoms with Gasteiger partial charge in [0, 0.05) is 12.8 Å². The minimum atomic E-state index is -0.833. The number of hydrogen-bond acceptors (Lipinski definition) is 1. The van der Waals surface area contributed by atoms with E-state index in [0.29, 0.717) is 0 Å². The number of hydrogen-bond donors (Lipinski definition) is 2. The van der Waals surface area contributed by atoms with Crippen molar-refractivity contribution in [3.8, 4) is 11.8 Å². The number of carbonyl (C=O) groups is 1. The molecule has 2 amide bonds. The SMILES string of the molecule is C1#CCCCC1.NC(N)=O. The number of primary amides is 2. The van der Waals surface area contributed by atoms with Crippen LogP contribution in [-0.4, -0.2) is 6.03 Å². The molecular formula is C7H12N2O. The highest BCUT2D eigenvalue weighted by molar-refractivity contribution is 5.69. The molecule has 1 aliphatic carbocycles. The van der Waals surface area contributed by atoms with Crippen LogP contribution in [0.15, 0.2) is 0 Å². The molecule has 1 rings (SSSR count). The zero-order valence-corrected chi connectivity index (χ0v) is 5.89. The van der Waals surface area contributed by atoms with Gasteiger partial charge in [-0.2, -0.15) is 0 Å². The first-order chi connectivity index (χ1) is 4.73. The third kappa shape index (κ3) is 9.95. The second-order valence-corrected chi connectivity index (χ2v) is 1.96. The molecule has 0 aromatic rings. The molecule has 56 valence electrons. The van der Waals surface area contributed by atoms with E-state index in [4.69, 9.17) is 4.79 Å². The lowest BCUT2D eigenvalue weighted by molar-refractivity contribution is 0.256. The Morgan fingerprint density at radius 3 is 1.50 bits per heavy atom. The quantitative estimate of drug-likeness (QED) is 0.475. The summed E-state index contributed by atoms with van der Waals surface area (Å²) in [5, 5.41) is 0. The van der Waals surface area contributed by atoms with Crippen molar-refractivity contribution < 1.29 is 4.79 Å². The number of amides is 2. The van der Waals surface area contributed by atoms with Crippen molar-refractivity contribution in [3.63, 3.8) is 0 Å². The molecule has 0 aliphatic heterocycles. The van der Waals surface area contributed by atoms with Gasteiger partial charge >= 0.3 is 6.03 Å². The summed E-state index contributed by atoms with van der Waals surface area (Å²) in [4.78, 5) is 9.00. The molecule has 4 N–H and O–H groups in total. The molecule has 0 saturated carbocycles. The maximum atomic E-state index is 9.00. The first-order valence-electron chi connectivity index (χ1n) is 3.24. The third-order valence-electron chi connectivity index (χ3n) is 0.979. The van der Waals surface area contributed by atoms with Crippen LogP contribution in [0.2, 0.25) is 0 Å². The van der Waals surface area contributed by atoms with Crippen LogP contribution in [0, 0.1) is 11.8 Å². The van der Waals surface area contributed by atoms with Crippen LogP contribution < -0.4 is 11.5 Å². The summed E-state index contributed by atoms with van der Waals surface area (Å²) in [6.45, 7) is 0. The molecule has 0 unspecified atom stereocenters. The summed E-state index contributed by atoms with van der Waals surface area (Å²) in [7, 11) is 0. The summed E-state index contributed by atoms with van der Waals surface area (Å²) in [6.07, 6.45) is 4.93. The molecule has 0 heterocycles. The van der Waals surface area contributed by atoms with Crippen LogP contribution in [-0.2, 0) is 0 Å². The summed E-state index contributed by atoms with van der Waals surface area (Å²) < 4.78 is 0. The molecule has 0 fully saturated rings. The van der Waals surface area contributed by atoms with E-state index in [9.17, 15) is 0 Å². The molecule has 10 heavy (non-hydrogen) atoms. The van der Waals surface area contributed by atoms with E-state index in [-0.39, 0.29) is 0 Å².